The number of carbonyl (C=O) groups excluding carboxylic acids is 2. The van der Waals surface area contributed by atoms with Gasteiger partial charge in [0.15, 0.2) is 18.1 Å². The number of hydrogen-bond donors (Lipinski definition) is 1. The van der Waals surface area contributed by atoms with E-state index in [9.17, 15) is 18.4 Å². The second-order valence-electron chi connectivity index (χ2n) is 5.35. The van der Waals surface area contributed by atoms with Crippen LogP contribution in [0.3, 0.4) is 0 Å². The molecule has 9 heteroatoms. The maximum Gasteiger partial charge on any atom is 0.387 e. The first kappa shape index (κ1) is 20.4. The second-order valence-corrected chi connectivity index (χ2v) is 5.76. The van der Waals surface area contributed by atoms with E-state index in [1.54, 1.807) is 18.2 Å². The predicted octanol–water partition coefficient (Wildman–Crippen LogP) is 4.05. The van der Waals surface area contributed by atoms with Crippen molar-refractivity contribution >= 4 is 29.2 Å². The van der Waals surface area contributed by atoms with Crippen LogP contribution in [0.2, 0.25) is 5.02 Å². The summed E-state index contributed by atoms with van der Waals surface area (Å²) in [7, 11) is 1.24. The molecule has 0 aromatic heterocycles. The molecule has 1 N–H and O–H groups in total. The molecule has 0 aliphatic heterocycles. The fourth-order valence-electron chi connectivity index (χ4n) is 2.11. The van der Waals surface area contributed by atoms with Gasteiger partial charge in [-0.2, -0.15) is 8.78 Å². The van der Waals surface area contributed by atoms with Crippen molar-refractivity contribution in [1.29, 1.82) is 0 Å². The lowest BCUT2D eigenvalue weighted by Crippen LogP contribution is -2.21. The van der Waals surface area contributed by atoms with Crippen molar-refractivity contribution in [3.05, 3.63) is 52.5 Å². The van der Waals surface area contributed by atoms with Crippen molar-refractivity contribution < 1.29 is 32.6 Å². The average Bonchev–Trinajstić information content (AvgIpc) is 2.62. The number of aryl methyl sites for hydroxylation is 1. The van der Waals surface area contributed by atoms with Gasteiger partial charge in [0.05, 0.1) is 23.4 Å². The van der Waals surface area contributed by atoms with Crippen LogP contribution in [0.4, 0.5) is 14.5 Å². The van der Waals surface area contributed by atoms with Crippen molar-refractivity contribution in [3.63, 3.8) is 0 Å². The Morgan fingerprint density at radius 1 is 1.15 bits per heavy atom. The lowest BCUT2D eigenvalue weighted by atomic mass is 10.2. The predicted molar refractivity (Wildman–Crippen MR) is 94.7 cm³/mol. The number of methoxy groups -OCH3 is 1. The summed E-state index contributed by atoms with van der Waals surface area (Å²) >= 11 is 6.01. The van der Waals surface area contributed by atoms with E-state index in [0.717, 1.165) is 11.6 Å². The molecule has 0 atom stereocenters. The van der Waals surface area contributed by atoms with Gasteiger partial charge in [0.2, 0.25) is 0 Å². The monoisotopic (exact) mass is 399 g/mol. The highest BCUT2D eigenvalue weighted by atomic mass is 35.5. The third-order valence-corrected chi connectivity index (χ3v) is 3.66. The minimum atomic E-state index is -3.03. The van der Waals surface area contributed by atoms with E-state index in [-0.39, 0.29) is 17.1 Å². The zero-order valence-corrected chi connectivity index (χ0v) is 15.2. The Morgan fingerprint density at radius 2 is 1.89 bits per heavy atom. The maximum atomic E-state index is 12.3. The van der Waals surface area contributed by atoms with Gasteiger partial charge in [-0.15, -0.1) is 0 Å². The van der Waals surface area contributed by atoms with Crippen LogP contribution in [0, 0.1) is 6.92 Å². The van der Waals surface area contributed by atoms with Crippen molar-refractivity contribution in [2.75, 3.05) is 19.0 Å². The molecule has 0 aliphatic carbocycles. The molecule has 0 saturated carbocycles. The van der Waals surface area contributed by atoms with Gasteiger partial charge in [-0.3, -0.25) is 4.79 Å². The highest BCUT2D eigenvalue weighted by molar-refractivity contribution is 6.33. The summed E-state index contributed by atoms with van der Waals surface area (Å²) in [5.41, 5.74) is 1.32. The molecule has 0 bridgehead atoms. The van der Waals surface area contributed by atoms with Gasteiger partial charge < -0.3 is 19.5 Å². The van der Waals surface area contributed by atoms with Crippen LogP contribution in [0.1, 0.15) is 15.9 Å². The molecule has 2 rings (SSSR count). The highest BCUT2D eigenvalue weighted by Gasteiger charge is 2.16. The first-order valence-electron chi connectivity index (χ1n) is 7.66. The maximum absolute atomic E-state index is 12.3. The van der Waals surface area contributed by atoms with Crippen LogP contribution in [-0.2, 0) is 9.53 Å². The number of carbonyl (C=O) groups is 2. The van der Waals surface area contributed by atoms with Crippen LogP contribution < -0.4 is 14.8 Å². The molecule has 0 aliphatic rings. The molecule has 0 saturated heterocycles. The molecule has 0 heterocycles. The van der Waals surface area contributed by atoms with Crippen molar-refractivity contribution in [2.24, 2.45) is 0 Å². The molecule has 0 fully saturated rings. The first-order chi connectivity index (χ1) is 12.8. The zero-order chi connectivity index (χ0) is 20.0. The summed E-state index contributed by atoms with van der Waals surface area (Å²) in [5, 5.41) is 2.88. The Hall–Kier alpha value is -2.87. The van der Waals surface area contributed by atoms with E-state index in [0.29, 0.717) is 10.7 Å². The Morgan fingerprint density at radius 3 is 2.52 bits per heavy atom. The number of rotatable bonds is 7. The largest absolute Gasteiger partial charge is 0.493 e. The second kappa shape index (κ2) is 9.18. The Balaban J connectivity index is 1.97. The molecule has 27 heavy (non-hydrogen) atoms. The van der Waals surface area contributed by atoms with Crippen LogP contribution in [-0.4, -0.2) is 32.2 Å². The van der Waals surface area contributed by atoms with Crippen LogP contribution in [0.25, 0.3) is 0 Å². The van der Waals surface area contributed by atoms with Gasteiger partial charge in [-0.25, -0.2) is 4.79 Å². The molecular formula is C18H16ClF2NO5. The molecule has 0 spiro atoms. The van der Waals surface area contributed by atoms with E-state index in [1.807, 2.05) is 6.92 Å². The Kier molecular flexibility index (Phi) is 6.95. The van der Waals surface area contributed by atoms with E-state index in [1.165, 1.54) is 19.2 Å². The SMILES string of the molecule is COc1cc(C(=O)OCC(=O)Nc2ccc(C)cc2Cl)ccc1OC(F)F. The number of ether oxygens (including phenoxy) is 3. The number of nitrogens with one attached hydrogen (secondary N) is 1. The summed E-state index contributed by atoms with van der Waals surface area (Å²) in [6, 6.07) is 8.62. The lowest BCUT2D eigenvalue weighted by molar-refractivity contribution is -0.119. The van der Waals surface area contributed by atoms with Crippen LogP contribution in [0.15, 0.2) is 36.4 Å². The van der Waals surface area contributed by atoms with Crippen LogP contribution >= 0.6 is 11.6 Å². The molecule has 6 nitrogen and oxygen atoms in total. The fraction of sp³-hybridized carbons (Fsp3) is 0.222. The minimum absolute atomic E-state index is 0.00892. The highest BCUT2D eigenvalue weighted by Crippen LogP contribution is 2.29. The summed E-state index contributed by atoms with van der Waals surface area (Å²) in [4.78, 5) is 24.0. The van der Waals surface area contributed by atoms with Gasteiger partial charge in [0.25, 0.3) is 5.91 Å². The summed E-state index contributed by atoms with van der Waals surface area (Å²) in [5.74, 6) is -1.71. The Labute approximate surface area is 159 Å². The van der Waals surface area contributed by atoms with Gasteiger partial charge in [0, 0.05) is 0 Å². The summed E-state index contributed by atoms with van der Waals surface area (Å²) < 4.78 is 38.7. The molecule has 2 aromatic rings. The quantitative estimate of drug-likeness (QED) is 0.711. The summed E-state index contributed by atoms with van der Waals surface area (Å²) in [6.07, 6.45) is 0. The number of esters is 1. The number of anilines is 1. The van der Waals surface area contributed by atoms with Gasteiger partial charge >= 0.3 is 12.6 Å². The average molecular weight is 400 g/mol. The third-order valence-electron chi connectivity index (χ3n) is 3.35. The van der Waals surface area contributed by atoms with Gasteiger partial charge in [-0.05, 0) is 42.8 Å². The summed E-state index contributed by atoms with van der Waals surface area (Å²) in [6.45, 7) is -1.74. The van der Waals surface area contributed by atoms with E-state index >= 15 is 0 Å². The van der Waals surface area contributed by atoms with E-state index in [4.69, 9.17) is 21.1 Å². The molecule has 144 valence electrons. The number of halogens is 3. The lowest BCUT2D eigenvalue weighted by Gasteiger charge is -2.11. The fourth-order valence-corrected chi connectivity index (χ4v) is 2.39. The smallest absolute Gasteiger partial charge is 0.387 e. The van der Waals surface area contributed by atoms with Crippen molar-refractivity contribution in [2.45, 2.75) is 13.5 Å². The number of hydrogen-bond acceptors (Lipinski definition) is 5. The van der Waals surface area contributed by atoms with Crippen molar-refractivity contribution in [1.82, 2.24) is 0 Å². The first-order valence-corrected chi connectivity index (χ1v) is 8.04. The van der Waals surface area contributed by atoms with Crippen molar-refractivity contribution in [3.8, 4) is 11.5 Å². The van der Waals surface area contributed by atoms with E-state index in [2.05, 4.69) is 10.1 Å². The normalized spacial score (nSPS) is 10.4. The van der Waals surface area contributed by atoms with Crippen LogP contribution in [0.5, 0.6) is 11.5 Å². The van der Waals surface area contributed by atoms with E-state index < -0.39 is 25.1 Å². The molecule has 0 unspecified atom stereocenters. The standard InChI is InChI=1S/C18H16ClF2NO5/c1-10-3-5-13(12(19)7-10)22-16(23)9-26-17(24)11-4-6-14(27-18(20)21)15(8-11)25-2/h3-8,18H,9H2,1-2H3,(H,22,23). The minimum Gasteiger partial charge on any atom is -0.493 e. The molecule has 1 amide bonds. The third kappa shape index (κ3) is 5.82. The van der Waals surface area contributed by atoms with Gasteiger partial charge in [-0.1, -0.05) is 17.7 Å². The Bertz CT molecular complexity index is 844. The topological polar surface area (TPSA) is 73.9 Å². The number of benzene rings is 2. The molecular weight excluding hydrogens is 384 g/mol. The molecule has 2 aromatic carbocycles. The molecule has 0 radical (unpaired) electrons. The number of alkyl halides is 2. The zero-order valence-electron chi connectivity index (χ0n) is 14.4. The number of amides is 1. The van der Waals surface area contributed by atoms with Gasteiger partial charge in [0.1, 0.15) is 0 Å².